The van der Waals surface area contributed by atoms with Gasteiger partial charge in [-0.3, -0.25) is 4.79 Å². The van der Waals surface area contributed by atoms with Crippen molar-refractivity contribution in [3.63, 3.8) is 0 Å². The molecule has 0 spiro atoms. The number of ether oxygens (including phenoxy) is 3. The number of rotatable bonds is 7. The molecule has 3 aromatic carbocycles. The van der Waals surface area contributed by atoms with Crippen molar-refractivity contribution in [3.05, 3.63) is 60.2 Å². The molecular weight excluding hydrogens is 382 g/mol. The summed E-state index contributed by atoms with van der Waals surface area (Å²) in [5, 5.41) is 9.27. The van der Waals surface area contributed by atoms with Crippen LogP contribution in [0.4, 0.5) is 5.69 Å². The van der Waals surface area contributed by atoms with Crippen LogP contribution in [0.1, 0.15) is 19.4 Å². The van der Waals surface area contributed by atoms with E-state index in [1.807, 2.05) is 56.3 Å². The zero-order chi connectivity index (χ0) is 20.9. The summed E-state index contributed by atoms with van der Waals surface area (Å²) < 4.78 is 16.5. The van der Waals surface area contributed by atoms with Gasteiger partial charge in [-0.15, -0.1) is 0 Å². The minimum Gasteiger partial charge on any atom is -0.490 e. The number of benzene rings is 3. The van der Waals surface area contributed by atoms with Crippen LogP contribution >= 0.6 is 0 Å². The van der Waals surface area contributed by atoms with E-state index in [0.29, 0.717) is 11.5 Å². The second-order valence-corrected chi connectivity index (χ2v) is 7.08. The van der Waals surface area contributed by atoms with Gasteiger partial charge in [-0.1, -0.05) is 30.3 Å². The van der Waals surface area contributed by atoms with Gasteiger partial charge < -0.3 is 19.5 Å². The fraction of sp³-hybridized carbons (Fsp3) is 0.217. The fourth-order valence-corrected chi connectivity index (χ4v) is 3.16. The zero-order valence-corrected chi connectivity index (χ0v) is 16.8. The maximum absolute atomic E-state index is 12.2. The van der Waals surface area contributed by atoms with Gasteiger partial charge in [-0.25, -0.2) is 5.43 Å². The first-order valence-electron chi connectivity index (χ1n) is 9.74. The Bertz CT molecular complexity index is 1090. The molecule has 1 aliphatic rings. The molecule has 0 saturated heterocycles. The molecule has 1 amide bonds. The molecule has 1 heterocycles. The van der Waals surface area contributed by atoms with Crippen molar-refractivity contribution in [2.24, 2.45) is 5.10 Å². The minimum atomic E-state index is -0.268. The van der Waals surface area contributed by atoms with Gasteiger partial charge in [0.15, 0.2) is 11.5 Å². The lowest BCUT2D eigenvalue weighted by Gasteiger charge is -2.14. The number of anilines is 1. The lowest BCUT2D eigenvalue weighted by Crippen LogP contribution is -2.25. The van der Waals surface area contributed by atoms with Gasteiger partial charge >= 0.3 is 0 Å². The van der Waals surface area contributed by atoms with E-state index < -0.39 is 0 Å². The van der Waals surface area contributed by atoms with Crippen LogP contribution in [0.5, 0.6) is 17.2 Å². The average Bonchev–Trinajstić information content (AvgIpc) is 3.21. The van der Waals surface area contributed by atoms with Crippen LogP contribution in [0, 0.1) is 0 Å². The quantitative estimate of drug-likeness (QED) is 0.460. The predicted octanol–water partition coefficient (Wildman–Crippen LogP) is 3.92. The third kappa shape index (κ3) is 4.46. The molecule has 30 heavy (non-hydrogen) atoms. The van der Waals surface area contributed by atoms with Gasteiger partial charge in [0, 0.05) is 17.3 Å². The summed E-state index contributed by atoms with van der Waals surface area (Å²) in [6, 6.07) is 17.3. The molecule has 0 bridgehead atoms. The average molecular weight is 405 g/mol. The second-order valence-electron chi connectivity index (χ2n) is 7.08. The zero-order valence-electron chi connectivity index (χ0n) is 16.8. The number of amides is 1. The first-order chi connectivity index (χ1) is 14.6. The Hall–Kier alpha value is -3.74. The molecule has 0 aliphatic carbocycles. The van der Waals surface area contributed by atoms with Crippen molar-refractivity contribution in [2.45, 2.75) is 20.0 Å². The molecule has 0 radical (unpaired) electrons. The Morgan fingerprint density at radius 3 is 2.83 bits per heavy atom. The van der Waals surface area contributed by atoms with Crippen LogP contribution in [-0.4, -0.2) is 31.6 Å². The number of nitrogens with one attached hydrogen (secondary N) is 2. The molecule has 0 unspecified atom stereocenters. The van der Waals surface area contributed by atoms with Gasteiger partial charge in [0.2, 0.25) is 6.79 Å². The topological polar surface area (TPSA) is 81.2 Å². The van der Waals surface area contributed by atoms with Gasteiger partial charge in [0.1, 0.15) is 5.75 Å². The van der Waals surface area contributed by atoms with E-state index in [4.69, 9.17) is 14.2 Å². The summed E-state index contributed by atoms with van der Waals surface area (Å²) in [5.41, 5.74) is 4.14. The van der Waals surface area contributed by atoms with Gasteiger partial charge in [-0.2, -0.15) is 5.10 Å². The first kappa shape index (κ1) is 19.6. The van der Waals surface area contributed by atoms with Crippen molar-refractivity contribution in [1.82, 2.24) is 5.43 Å². The third-order valence-electron chi connectivity index (χ3n) is 4.50. The lowest BCUT2D eigenvalue weighted by atomic mass is 10.0. The van der Waals surface area contributed by atoms with Crippen LogP contribution in [0.3, 0.4) is 0 Å². The Morgan fingerprint density at radius 1 is 1.13 bits per heavy atom. The van der Waals surface area contributed by atoms with E-state index in [9.17, 15) is 4.79 Å². The number of hydrogen-bond acceptors (Lipinski definition) is 6. The van der Waals surface area contributed by atoms with Crippen LogP contribution in [0.25, 0.3) is 10.8 Å². The van der Waals surface area contributed by atoms with E-state index in [1.54, 1.807) is 18.3 Å². The maximum Gasteiger partial charge on any atom is 0.259 e. The highest BCUT2D eigenvalue weighted by Gasteiger charge is 2.13. The fourth-order valence-electron chi connectivity index (χ4n) is 3.16. The Morgan fingerprint density at radius 2 is 1.97 bits per heavy atom. The van der Waals surface area contributed by atoms with Crippen molar-refractivity contribution in [1.29, 1.82) is 0 Å². The summed E-state index contributed by atoms with van der Waals surface area (Å²) in [5.74, 6) is 1.81. The van der Waals surface area contributed by atoms with Crippen LogP contribution in [0.2, 0.25) is 0 Å². The number of carbonyl (C=O) groups is 1. The summed E-state index contributed by atoms with van der Waals surface area (Å²) in [6.45, 7) is 4.23. The Balaban J connectivity index is 1.42. The summed E-state index contributed by atoms with van der Waals surface area (Å²) in [6.07, 6.45) is 1.65. The lowest BCUT2D eigenvalue weighted by molar-refractivity contribution is -0.119. The first-order valence-corrected chi connectivity index (χ1v) is 9.74. The smallest absolute Gasteiger partial charge is 0.259 e. The molecule has 0 saturated carbocycles. The molecule has 0 atom stereocenters. The largest absolute Gasteiger partial charge is 0.490 e. The maximum atomic E-state index is 12.2. The minimum absolute atomic E-state index is 0.0267. The molecule has 1 aliphatic heterocycles. The summed E-state index contributed by atoms with van der Waals surface area (Å²) >= 11 is 0. The Labute approximate surface area is 174 Å². The normalized spacial score (nSPS) is 12.5. The van der Waals surface area contributed by atoms with Crippen LogP contribution in [0.15, 0.2) is 59.7 Å². The summed E-state index contributed by atoms with van der Waals surface area (Å²) in [7, 11) is 0. The van der Waals surface area contributed by atoms with Crippen molar-refractivity contribution in [3.8, 4) is 17.2 Å². The standard InChI is InChI=1S/C23H23N3O4/c1-15(2)30-20-9-7-16-5-3-4-6-18(16)19(20)12-25-26-23(27)13-24-17-8-10-21-22(11-17)29-14-28-21/h3-12,15,24H,13-14H2,1-2H3,(H,26,27)/b25-12-. The molecule has 0 fully saturated rings. The number of fused-ring (bicyclic) bond motifs is 2. The van der Waals surface area contributed by atoms with E-state index >= 15 is 0 Å². The number of nitrogens with zero attached hydrogens (tertiary/aromatic N) is 1. The molecule has 0 aromatic heterocycles. The Kier molecular flexibility index (Phi) is 5.70. The van der Waals surface area contributed by atoms with E-state index in [0.717, 1.165) is 27.8 Å². The van der Waals surface area contributed by atoms with Crippen molar-refractivity contribution >= 4 is 28.6 Å². The highest BCUT2D eigenvalue weighted by molar-refractivity contribution is 6.02. The molecule has 7 nitrogen and oxygen atoms in total. The number of hydrazone groups is 1. The van der Waals surface area contributed by atoms with E-state index in [1.165, 1.54) is 0 Å². The van der Waals surface area contributed by atoms with Gasteiger partial charge in [0.05, 0.1) is 18.9 Å². The molecule has 4 rings (SSSR count). The third-order valence-corrected chi connectivity index (χ3v) is 4.50. The van der Waals surface area contributed by atoms with Gasteiger partial charge in [0.25, 0.3) is 5.91 Å². The predicted molar refractivity (Wildman–Crippen MR) is 117 cm³/mol. The molecular formula is C23H23N3O4. The highest BCUT2D eigenvalue weighted by Crippen LogP contribution is 2.34. The van der Waals surface area contributed by atoms with Crippen LogP contribution in [-0.2, 0) is 4.79 Å². The SMILES string of the molecule is CC(C)Oc1ccc2ccccc2c1/C=N\NC(=O)CNc1ccc2c(c1)OCO2. The number of carbonyl (C=O) groups excluding carboxylic acids is 1. The summed E-state index contributed by atoms with van der Waals surface area (Å²) in [4.78, 5) is 12.2. The van der Waals surface area contributed by atoms with Crippen molar-refractivity contribution < 1.29 is 19.0 Å². The van der Waals surface area contributed by atoms with Crippen molar-refractivity contribution in [2.75, 3.05) is 18.7 Å². The molecule has 3 aromatic rings. The molecule has 154 valence electrons. The van der Waals surface area contributed by atoms with E-state index in [-0.39, 0.29) is 25.3 Å². The molecule has 7 heteroatoms. The number of hydrogen-bond donors (Lipinski definition) is 2. The van der Waals surface area contributed by atoms with Crippen LogP contribution < -0.4 is 25.0 Å². The highest BCUT2D eigenvalue weighted by atomic mass is 16.7. The van der Waals surface area contributed by atoms with Gasteiger partial charge in [-0.05, 0) is 42.8 Å². The second kappa shape index (κ2) is 8.73. The monoisotopic (exact) mass is 405 g/mol. The molecule has 2 N–H and O–H groups in total. The van der Waals surface area contributed by atoms with E-state index in [2.05, 4.69) is 15.8 Å².